The van der Waals surface area contributed by atoms with Crippen molar-refractivity contribution >= 4 is 17.6 Å². The summed E-state index contributed by atoms with van der Waals surface area (Å²) in [4.78, 5) is 30.4. The van der Waals surface area contributed by atoms with Gasteiger partial charge in [-0.3, -0.25) is 9.48 Å². The summed E-state index contributed by atoms with van der Waals surface area (Å²) in [6, 6.07) is 11.8. The van der Waals surface area contributed by atoms with Crippen molar-refractivity contribution in [3.05, 3.63) is 71.9 Å². The molecular weight excluding hydrogens is 401 g/mol. The van der Waals surface area contributed by atoms with Gasteiger partial charge in [-0.25, -0.2) is 18.7 Å². The molecule has 0 unspecified atom stereocenters. The molecule has 3 heterocycles. The summed E-state index contributed by atoms with van der Waals surface area (Å²) in [5, 5.41) is 6.69. The number of benzene rings is 1. The van der Waals surface area contributed by atoms with Gasteiger partial charge in [-0.2, -0.15) is 5.10 Å². The number of aromatic nitrogens is 3. The number of fused-ring (bicyclic) bond motifs is 1. The number of quaternary nitrogens is 1. The first-order valence-electron chi connectivity index (χ1n) is 9.85. The zero-order valence-electron chi connectivity index (χ0n) is 17.4. The standard InChI is InChI=1S/C22H22FN5O3/c1-14-18(22(30)28(2,3)20-17(31-14)10-7-11-24-20)25-21(29)19-16(23)13-27(26-19)12-15-8-5-4-6-9-15/h4-11,13-14,18H,12H2,1-3H3/p+1/t14-,18-/m0/s1. The van der Waals surface area contributed by atoms with E-state index in [4.69, 9.17) is 4.74 Å². The topological polar surface area (TPSA) is 86.1 Å². The van der Waals surface area contributed by atoms with Crippen LogP contribution in [0, 0.1) is 5.82 Å². The fourth-order valence-electron chi connectivity index (χ4n) is 3.61. The number of hydrogen-bond donors (Lipinski definition) is 1. The number of pyridine rings is 1. The Labute approximate surface area is 178 Å². The van der Waals surface area contributed by atoms with E-state index in [0.29, 0.717) is 18.1 Å². The Bertz CT molecular complexity index is 1130. The predicted molar refractivity (Wildman–Crippen MR) is 112 cm³/mol. The highest BCUT2D eigenvalue weighted by atomic mass is 19.1. The third-order valence-corrected chi connectivity index (χ3v) is 5.29. The van der Waals surface area contributed by atoms with E-state index in [0.717, 1.165) is 11.8 Å². The van der Waals surface area contributed by atoms with E-state index in [1.807, 2.05) is 30.3 Å². The minimum Gasteiger partial charge on any atom is -0.480 e. The van der Waals surface area contributed by atoms with Gasteiger partial charge in [0.05, 0.1) is 26.8 Å². The third-order valence-electron chi connectivity index (χ3n) is 5.29. The molecule has 0 bridgehead atoms. The molecule has 0 radical (unpaired) electrons. The average molecular weight is 424 g/mol. The predicted octanol–water partition coefficient (Wildman–Crippen LogP) is 2.14. The molecule has 8 nitrogen and oxygen atoms in total. The number of likely N-dealkylation sites (N-methyl/N-ethyl adjacent to an activating group) is 1. The molecule has 1 aliphatic heterocycles. The van der Waals surface area contributed by atoms with Crippen LogP contribution in [0.1, 0.15) is 23.0 Å². The Morgan fingerprint density at radius 2 is 1.97 bits per heavy atom. The maximum Gasteiger partial charge on any atom is 0.346 e. The van der Waals surface area contributed by atoms with Crippen LogP contribution in [0.25, 0.3) is 0 Å². The van der Waals surface area contributed by atoms with E-state index in [1.165, 1.54) is 4.68 Å². The van der Waals surface area contributed by atoms with E-state index < -0.39 is 23.9 Å². The molecule has 0 aliphatic carbocycles. The van der Waals surface area contributed by atoms with Gasteiger partial charge in [0.2, 0.25) is 5.75 Å². The van der Waals surface area contributed by atoms with Gasteiger partial charge in [0, 0.05) is 6.20 Å². The molecule has 1 aromatic carbocycles. The molecule has 2 amide bonds. The lowest BCUT2D eigenvalue weighted by atomic mass is 10.1. The first kappa shape index (κ1) is 20.7. The number of nitrogens with one attached hydrogen (secondary N) is 1. The van der Waals surface area contributed by atoms with Crippen LogP contribution in [0.4, 0.5) is 10.2 Å². The lowest BCUT2D eigenvalue weighted by Crippen LogP contribution is -2.60. The average Bonchev–Trinajstić information content (AvgIpc) is 3.09. The van der Waals surface area contributed by atoms with Crippen molar-refractivity contribution < 1.29 is 18.7 Å². The Kier molecular flexibility index (Phi) is 5.28. The van der Waals surface area contributed by atoms with Crippen LogP contribution in [-0.2, 0) is 11.3 Å². The number of rotatable bonds is 4. The molecule has 0 saturated heterocycles. The molecule has 4 rings (SSSR count). The Hall–Kier alpha value is -3.59. The Morgan fingerprint density at radius 1 is 1.23 bits per heavy atom. The second-order valence-electron chi connectivity index (χ2n) is 7.90. The van der Waals surface area contributed by atoms with Gasteiger partial charge in [-0.05, 0) is 24.6 Å². The van der Waals surface area contributed by atoms with Crippen molar-refractivity contribution in [2.45, 2.75) is 25.6 Å². The molecule has 1 N–H and O–H groups in total. The van der Waals surface area contributed by atoms with Crippen LogP contribution in [0.15, 0.2) is 54.9 Å². The molecule has 0 saturated carbocycles. The molecule has 2 aromatic heterocycles. The molecule has 1 aliphatic rings. The van der Waals surface area contributed by atoms with Gasteiger partial charge in [-0.1, -0.05) is 30.3 Å². The van der Waals surface area contributed by atoms with Crippen molar-refractivity contribution in [1.29, 1.82) is 0 Å². The van der Waals surface area contributed by atoms with Crippen molar-refractivity contribution in [1.82, 2.24) is 24.6 Å². The third kappa shape index (κ3) is 3.91. The summed E-state index contributed by atoms with van der Waals surface area (Å²) in [6.07, 6.45) is 2.05. The number of hydrogen-bond acceptors (Lipinski definition) is 5. The van der Waals surface area contributed by atoms with E-state index >= 15 is 0 Å². The normalized spacial score (nSPS) is 19.8. The lowest BCUT2D eigenvalue weighted by molar-refractivity contribution is -0.131. The summed E-state index contributed by atoms with van der Waals surface area (Å²) in [6.45, 7) is 1.99. The second kappa shape index (κ2) is 7.92. The molecule has 0 spiro atoms. The smallest absolute Gasteiger partial charge is 0.346 e. The van der Waals surface area contributed by atoms with E-state index in [9.17, 15) is 14.0 Å². The lowest BCUT2D eigenvalue weighted by Gasteiger charge is -2.27. The summed E-state index contributed by atoms with van der Waals surface area (Å²) < 4.78 is 21.5. The largest absolute Gasteiger partial charge is 0.480 e. The molecular formula is C22H23FN5O3+. The number of carbonyl (C=O) groups excluding carboxylic acids is 2. The van der Waals surface area contributed by atoms with E-state index in [1.54, 1.807) is 39.3 Å². The monoisotopic (exact) mass is 424 g/mol. The molecule has 0 fully saturated rings. The van der Waals surface area contributed by atoms with Gasteiger partial charge in [0.1, 0.15) is 6.10 Å². The van der Waals surface area contributed by atoms with Gasteiger partial charge >= 0.3 is 5.91 Å². The van der Waals surface area contributed by atoms with Crippen LogP contribution in [0.5, 0.6) is 5.75 Å². The fourth-order valence-corrected chi connectivity index (χ4v) is 3.61. The van der Waals surface area contributed by atoms with Crippen molar-refractivity contribution in [3.8, 4) is 5.75 Å². The van der Waals surface area contributed by atoms with Gasteiger partial charge in [-0.15, -0.1) is 0 Å². The number of halogens is 1. The first-order valence-corrected chi connectivity index (χ1v) is 9.85. The maximum atomic E-state index is 14.5. The summed E-state index contributed by atoms with van der Waals surface area (Å²) in [5.41, 5.74) is 0.545. The van der Waals surface area contributed by atoms with Gasteiger partial charge in [0.25, 0.3) is 11.7 Å². The second-order valence-corrected chi connectivity index (χ2v) is 7.90. The van der Waals surface area contributed by atoms with Crippen molar-refractivity contribution in [2.75, 3.05) is 14.1 Å². The van der Waals surface area contributed by atoms with Crippen molar-refractivity contribution in [2.24, 2.45) is 0 Å². The molecule has 160 valence electrons. The number of carbonyl (C=O) groups is 2. The highest BCUT2D eigenvalue weighted by Gasteiger charge is 2.47. The molecule has 9 heteroatoms. The highest BCUT2D eigenvalue weighted by Crippen LogP contribution is 2.33. The Balaban J connectivity index is 1.56. The number of nitrogens with zero attached hydrogens (tertiary/aromatic N) is 4. The van der Waals surface area contributed by atoms with Crippen LogP contribution >= 0.6 is 0 Å². The SMILES string of the molecule is C[C@@H]1Oc2cccnc2[N+](C)(C)C(=O)[C@H]1NC(=O)c1nn(Cc2ccccc2)cc1F. The fraction of sp³-hybridized carbons (Fsp3) is 0.273. The minimum atomic E-state index is -1.02. The first-order chi connectivity index (χ1) is 14.8. The molecule has 31 heavy (non-hydrogen) atoms. The molecule has 3 aromatic rings. The summed E-state index contributed by atoms with van der Waals surface area (Å²) in [7, 11) is 3.34. The Morgan fingerprint density at radius 3 is 2.71 bits per heavy atom. The highest BCUT2D eigenvalue weighted by molar-refractivity contribution is 5.99. The zero-order valence-corrected chi connectivity index (χ0v) is 17.4. The minimum absolute atomic E-state index is 0.226. The van der Waals surface area contributed by atoms with Crippen LogP contribution in [0.3, 0.4) is 0 Å². The quantitative estimate of drug-likeness (QED) is 0.649. The maximum absolute atomic E-state index is 14.5. The van der Waals surface area contributed by atoms with Crippen LogP contribution in [-0.4, -0.2) is 52.8 Å². The van der Waals surface area contributed by atoms with E-state index in [2.05, 4.69) is 15.4 Å². The van der Waals surface area contributed by atoms with Gasteiger partial charge in [0.15, 0.2) is 17.6 Å². The number of amides is 2. The number of ether oxygens (including phenoxy) is 1. The van der Waals surface area contributed by atoms with Crippen molar-refractivity contribution in [3.63, 3.8) is 0 Å². The van der Waals surface area contributed by atoms with Gasteiger partial charge < -0.3 is 10.1 Å². The summed E-state index contributed by atoms with van der Waals surface area (Å²) in [5.74, 6) is -0.973. The van der Waals surface area contributed by atoms with Crippen LogP contribution < -0.4 is 14.5 Å². The molecule has 2 atom stereocenters. The summed E-state index contributed by atoms with van der Waals surface area (Å²) >= 11 is 0. The zero-order chi connectivity index (χ0) is 22.2. The van der Waals surface area contributed by atoms with E-state index in [-0.39, 0.29) is 16.1 Å². The van der Waals surface area contributed by atoms with Crippen LogP contribution in [0.2, 0.25) is 0 Å².